The minimum absolute atomic E-state index is 0.00290. The average molecular weight is 513 g/mol. The largest absolute Gasteiger partial charge is 0.514 e. The quantitative estimate of drug-likeness (QED) is 0.175. The van der Waals surface area contributed by atoms with Crippen LogP contribution in [0.2, 0.25) is 0 Å². The zero-order chi connectivity index (χ0) is 25.8. The molecule has 2 atom stereocenters. The smallest absolute Gasteiger partial charge is 0.477 e. The van der Waals surface area contributed by atoms with Crippen molar-refractivity contribution in [3.8, 4) is 5.75 Å². The number of nitrogens with one attached hydrogen (secondary N) is 1. The lowest BCUT2D eigenvalue weighted by Gasteiger charge is -2.49. The summed E-state index contributed by atoms with van der Waals surface area (Å²) >= 11 is 1.24. The van der Waals surface area contributed by atoms with Crippen molar-refractivity contribution in [2.75, 3.05) is 12.4 Å². The molecule has 2 amide bonds. The number of hydrogen-bond acceptors (Lipinski definition) is 9. The first kappa shape index (κ1) is 24.7. The van der Waals surface area contributed by atoms with Crippen LogP contribution in [-0.4, -0.2) is 62.6 Å². The molecule has 0 radical (unpaired) electrons. The van der Waals surface area contributed by atoms with Crippen LogP contribution in [0.4, 0.5) is 10.5 Å². The van der Waals surface area contributed by atoms with Crippen molar-refractivity contribution >= 4 is 41.4 Å². The van der Waals surface area contributed by atoms with Crippen molar-refractivity contribution in [3.05, 3.63) is 81.5 Å². The van der Waals surface area contributed by atoms with Crippen molar-refractivity contribution in [2.24, 2.45) is 0 Å². The van der Waals surface area contributed by atoms with Gasteiger partial charge in [0, 0.05) is 23.5 Å². The van der Waals surface area contributed by atoms with Gasteiger partial charge in [0.1, 0.15) is 29.5 Å². The topological polar surface area (TPSA) is 165 Å². The molecule has 36 heavy (non-hydrogen) atoms. The molecule has 2 aromatic carbocycles. The minimum Gasteiger partial charge on any atom is -0.477 e. The molecule has 186 valence electrons. The van der Waals surface area contributed by atoms with E-state index in [1.54, 1.807) is 24.3 Å². The first-order valence-corrected chi connectivity index (χ1v) is 11.6. The Morgan fingerprint density at radius 3 is 2.47 bits per heavy atom. The maximum absolute atomic E-state index is 12.7. The molecule has 2 heterocycles. The zero-order valence-corrected chi connectivity index (χ0v) is 19.3. The van der Waals surface area contributed by atoms with Crippen molar-refractivity contribution in [1.29, 1.82) is 0 Å². The number of carbonyl (C=O) groups excluding carboxylic acids is 3. The fourth-order valence-electron chi connectivity index (χ4n) is 3.71. The normalized spacial score (nSPS) is 18.6. The van der Waals surface area contributed by atoms with Gasteiger partial charge >= 0.3 is 12.1 Å². The maximum atomic E-state index is 12.7. The van der Waals surface area contributed by atoms with Crippen LogP contribution in [0.5, 0.6) is 5.75 Å². The molecule has 0 bridgehead atoms. The maximum Gasteiger partial charge on any atom is 0.514 e. The highest BCUT2D eigenvalue weighted by molar-refractivity contribution is 8.00. The summed E-state index contributed by atoms with van der Waals surface area (Å²) in [5.74, 6) is -2.15. The first-order chi connectivity index (χ1) is 17.2. The van der Waals surface area contributed by atoms with Crippen LogP contribution in [0.15, 0.2) is 65.9 Å². The van der Waals surface area contributed by atoms with E-state index in [0.29, 0.717) is 0 Å². The van der Waals surface area contributed by atoms with Gasteiger partial charge in [-0.3, -0.25) is 24.6 Å². The highest BCUT2D eigenvalue weighted by Gasteiger charge is 2.54. The standard InChI is InChI=1S/C23H19N3O9S/c27-17(10-13-4-2-1-3-5-13)24-18-20(28)25-19(22(29)30)14(12-36-21(18)25)11-34-23(31)35-16-8-6-15(7-9-16)26(32)33/h1-9,18,21H,10-12H2,(H,24,27)(H,29,30)/t18?,21-/m1/s1. The lowest BCUT2D eigenvalue weighted by atomic mass is 10.0. The highest BCUT2D eigenvalue weighted by Crippen LogP contribution is 2.40. The van der Waals surface area contributed by atoms with Gasteiger partial charge in [-0.05, 0) is 17.7 Å². The molecule has 0 spiro atoms. The second kappa shape index (κ2) is 10.5. The van der Waals surface area contributed by atoms with Gasteiger partial charge in [-0.25, -0.2) is 9.59 Å². The summed E-state index contributed by atoms with van der Waals surface area (Å²) in [6.07, 6.45) is -1.06. The van der Waals surface area contributed by atoms with E-state index in [-0.39, 0.29) is 40.8 Å². The van der Waals surface area contributed by atoms with Crippen LogP contribution in [-0.2, 0) is 25.5 Å². The van der Waals surface area contributed by atoms with Gasteiger partial charge in [0.2, 0.25) is 5.91 Å². The van der Waals surface area contributed by atoms with Crippen molar-refractivity contribution in [2.45, 2.75) is 17.8 Å². The molecule has 2 N–H and O–H groups in total. The number of carbonyl (C=O) groups is 4. The van der Waals surface area contributed by atoms with E-state index in [4.69, 9.17) is 9.47 Å². The van der Waals surface area contributed by atoms with Crippen molar-refractivity contribution < 1.29 is 38.7 Å². The number of nitro benzene ring substituents is 1. The third-order valence-corrected chi connectivity index (χ3v) is 6.73. The Morgan fingerprint density at radius 2 is 1.83 bits per heavy atom. The molecule has 2 aliphatic heterocycles. The lowest BCUT2D eigenvalue weighted by Crippen LogP contribution is -2.70. The zero-order valence-electron chi connectivity index (χ0n) is 18.5. The predicted molar refractivity (Wildman–Crippen MR) is 125 cm³/mol. The van der Waals surface area contributed by atoms with Crippen LogP contribution in [0.25, 0.3) is 0 Å². The van der Waals surface area contributed by atoms with Gasteiger partial charge in [0.15, 0.2) is 0 Å². The molecular formula is C23H19N3O9S. The number of ether oxygens (including phenoxy) is 2. The number of nitro groups is 1. The Hall–Kier alpha value is -4.39. The van der Waals surface area contributed by atoms with E-state index < -0.39 is 41.0 Å². The van der Waals surface area contributed by atoms with Crippen LogP contribution in [0, 0.1) is 10.1 Å². The number of amides is 2. The van der Waals surface area contributed by atoms with Gasteiger partial charge in [0.05, 0.1) is 11.3 Å². The Bertz CT molecular complexity index is 1250. The summed E-state index contributed by atoms with van der Waals surface area (Å²) < 4.78 is 9.95. The van der Waals surface area contributed by atoms with Gasteiger partial charge in [0.25, 0.3) is 11.6 Å². The molecule has 0 saturated carbocycles. The molecule has 1 unspecified atom stereocenters. The number of carboxylic acids is 1. The second-order valence-corrected chi connectivity index (χ2v) is 8.87. The summed E-state index contributed by atoms with van der Waals surface area (Å²) in [4.78, 5) is 60.2. The molecular weight excluding hydrogens is 494 g/mol. The first-order valence-electron chi connectivity index (χ1n) is 10.6. The summed E-state index contributed by atoms with van der Waals surface area (Å²) in [7, 11) is 0. The van der Waals surface area contributed by atoms with Crippen LogP contribution >= 0.6 is 11.8 Å². The number of β-lactam (4-membered cyclic amide) rings is 1. The van der Waals surface area contributed by atoms with Crippen molar-refractivity contribution in [1.82, 2.24) is 10.2 Å². The number of fused-ring (bicyclic) bond motifs is 1. The summed E-state index contributed by atoms with van der Waals surface area (Å²) in [6.45, 7) is -0.442. The molecule has 4 rings (SSSR count). The summed E-state index contributed by atoms with van der Waals surface area (Å²) in [5.41, 5.74) is 0.475. The SMILES string of the molecule is O=C(Cc1ccccc1)NC1C(=O)N2C(C(=O)O)=C(COC(=O)Oc3ccc([N+](=O)[O-])cc3)CS[C@H]12. The van der Waals surface area contributed by atoms with E-state index in [9.17, 15) is 34.4 Å². The Labute approximate surface area is 208 Å². The fraction of sp³-hybridized carbons (Fsp3) is 0.217. The van der Waals surface area contributed by atoms with E-state index in [1.165, 1.54) is 23.9 Å². The third-order valence-electron chi connectivity index (χ3n) is 5.39. The number of carboxylic acid groups (broad SMARTS) is 1. The van der Waals surface area contributed by atoms with E-state index in [2.05, 4.69) is 5.32 Å². The molecule has 12 nitrogen and oxygen atoms in total. The van der Waals surface area contributed by atoms with E-state index in [1.807, 2.05) is 6.07 Å². The Balaban J connectivity index is 1.36. The van der Waals surface area contributed by atoms with Crippen LogP contribution in [0.3, 0.4) is 0 Å². The van der Waals surface area contributed by atoms with E-state index >= 15 is 0 Å². The molecule has 2 aliphatic rings. The molecule has 0 aliphatic carbocycles. The Kier molecular flexibility index (Phi) is 7.20. The molecule has 2 aromatic rings. The summed E-state index contributed by atoms with van der Waals surface area (Å²) in [6, 6.07) is 12.9. The number of non-ortho nitro benzene ring substituents is 1. The van der Waals surface area contributed by atoms with E-state index in [0.717, 1.165) is 22.6 Å². The van der Waals surface area contributed by atoms with Gasteiger partial charge in [-0.2, -0.15) is 0 Å². The molecule has 1 fully saturated rings. The van der Waals surface area contributed by atoms with Crippen LogP contribution in [0.1, 0.15) is 5.56 Å². The average Bonchev–Trinajstić information content (AvgIpc) is 2.86. The predicted octanol–water partition coefficient (Wildman–Crippen LogP) is 2.09. The monoisotopic (exact) mass is 513 g/mol. The van der Waals surface area contributed by atoms with Crippen molar-refractivity contribution in [3.63, 3.8) is 0 Å². The lowest BCUT2D eigenvalue weighted by molar-refractivity contribution is -0.384. The van der Waals surface area contributed by atoms with Crippen LogP contribution < -0.4 is 10.1 Å². The second-order valence-electron chi connectivity index (χ2n) is 7.77. The number of hydrogen-bond donors (Lipinski definition) is 2. The number of benzene rings is 2. The minimum atomic E-state index is -1.37. The molecule has 0 aromatic heterocycles. The number of rotatable bonds is 8. The number of thioether (sulfide) groups is 1. The number of nitrogens with zero attached hydrogens (tertiary/aromatic N) is 2. The molecule has 1 saturated heterocycles. The fourth-order valence-corrected chi connectivity index (χ4v) is 5.03. The van der Waals surface area contributed by atoms with Gasteiger partial charge in [-0.15, -0.1) is 11.8 Å². The van der Waals surface area contributed by atoms with Gasteiger partial charge < -0.3 is 19.9 Å². The third kappa shape index (κ3) is 5.30. The highest BCUT2D eigenvalue weighted by atomic mass is 32.2. The Morgan fingerprint density at radius 1 is 1.14 bits per heavy atom. The summed E-state index contributed by atoms with van der Waals surface area (Å²) in [5, 5.41) is 22.5. The molecule has 13 heteroatoms. The van der Waals surface area contributed by atoms with Gasteiger partial charge in [-0.1, -0.05) is 30.3 Å². The number of aliphatic carboxylic acids is 1.